The molecule has 1 aromatic carbocycles. The Balaban J connectivity index is 1.71. The molecule has 2 aliphatic rings. The third-order valence-electron chi connectivity index (χ3n) is 5.17. The molecule has 0 aliphatic carbocycles. The van der Waals surface area contributed by atoms with E-state index in [1.54, 1.807) is 4.90 Å². The standard InChI is InChI=1S/C18H23NO4/c1-13-7-8-15(23-13)16(20)19-11-9-18(10-12-19,17(21)22)14-5-3-2-4-6-14/h2-6,13,15H,7-12H2,1H3,(H,21,22). The summed E-state index contributed by atoms with van der Waals surface area (Å²) in [5, 5.41) is 9.79. The number of carbonyl (C=O) groups excluding carboxylic acids is 1. The second-order valence-electron chi connectivity index (χ2n) is 6.59. The van der Waals surface area contributed by atoms with Crippen molar-refractivity contribution in [3.8, 4) is 0 Å². The average Bonchev–Trinajstić information content (AvgIpc) is 3.01. The Kier molecular flexibility index (Phi) is 4.39. The van der Waals surface area contributed by atoms with Crippen molar-refractivity contribution < 1.29 is 19.4 Å². The van der Waals surface area contributed by atoms with Crippen molar-refractivity contribution in [3.05, 3.63) is 35.9 Å². The molecule has 2 unspecified atom stereocenters. The van der Waals surface area contributed by atoms with Crippen molar-refractivity contribution in [3.63, 3.8) is 0 Å². The fraction of sp³-hybridized carbons (Fsp3) is 0.556. The van der Waals surface area contributed by atoms with E-state index in [4.69, 9.17) is 4.74 Å². The van der Waals surface area contributed by atoms with E-state index in [1.807, 2.05) is 37.3 Å². The summed E-state index contributed by atoms with van der Waals surface area (Å²) in [6.45, 7) is 2.91. The molecule has 2 fully saturated rings. The highest BCUT2D eigenvalue weighted by molar-refractivity contribution is 5.84. The molecule has 5 nitrogen and oxygen atoms in total. The quantitative estimate of drug-likeness (QED) is 0.928. The van der Waals surface area contributed by atoms with Gasteiger partial charge in [0.15, 0.2) is 0 Å². The predicted octanol–water partition coefficient (Wildman–Crippen LogP) is 2.20. The Morgan fingerprint density at radius 1 is 1.17 bits per heavy atom. The van der Waals surface area contributed by atoms with Crippen LogP contribution >= 0.6 is 0 Å². The van der Waals surface area contributed by atoms with Gasteiger partial charge in [0, 0.05) is 13.1 Å². The molecule has 0 spiro atoms. The molecule has 124 valence electrons. The summed E-state index contributed by atoms with van der Waals surface area (Å²) in [7, 11) is 0. The number of ether oxygens (including phenoxy) is 1. The lowest BCUT2D eigenvalue weighted by molar-refractivity contribution is -0.151. The second kappa shape index (κ2) is 6.32. The number of carbonyl (C=O) groups is 2. The van der Waals surface area contributed by atoms with Crippen molar-refractivity contribution in [1.29, 1.82) is 0 Å². The molecule has 0 bridgehead atoms. The van der Waals surface area contributed by atoms with E-state index in [0.29, 0.717) is 25.9 Å². The number of nitrogens with zero attached hydrogens (tertiary/aromatic N) is 1. The lowest BCUT2D eigenvalue weighted by atomic mass is 9.73. The van der Waals surface area contributed by atoms with Gasteiger partial charge in [-0.1, -0.05) is 30.3 Å². The van der Waals surface area contributed by atoms with Crippen molar-refractivity contribution in [2.24, 2.45) is 0 Å². The Morgan fingerprint density at radius 3 is 2.35 bits per heavy atom. The van der Waals surface area contributed by atoms with Gasteiger partial charge in [0.05, 0.1) is 11.5 Å². The lowest BCUT2D eigenvalue weighted by Gasteiger charge is -2.39. The van der Waals surface area contributed by atoms with Gasteiger partial charge in [-0.3, -0.25) is 9.59 Å². The molecule has 1 N–H and O–H groups in total. The summed E-state index contributed by atoms with van der Waals surface area (Å²) in [5.41, 5.74) is -0.0627. The van der Waals surface area contributed by atoms with Gasteiger partial charge < -0.3 is 14.7 Å². The summed E-state index contributed by atoms with van der Waals surface area (Å²) in [6, 6.07) is 9.35. The van der Waals surface area contributed by atoms with Crippen LogP contribution in [-0.2, 0) is 19.7 Å². The van der Waals surface area contributed by atoms with E-state index in [2.05, 4.69) is 0 Å². The highest BCUT2D eigenvalue weighted by Gasteiger charge is 2.45. The first-order valence-electron chi connectivity index (χ1n) is 8.26. The van der Waals surface area contributed by atoms with Crippen LogP contribution in [0.15, 0.2) is 30.3 Å². The zero-order valence-electron chi connectivity index (χ0n) is 13.4. The molecule has 3 rings (SSSR count). The molecular formula is C18H23NO4. The van der Waals surface area contributed by atoms with Gasteiger partial charge in [0.1, 0.15) is 6.10 Å². The number of likely N-dealkylation sites (tertiary alicyclic amines) is 1. The number of rotatable bonds is 3. The van der Waals surface area contributed by atoms with Crippen LogP contribution in [0, 0.1) is 0 Å². The third kappa shape index (κ3) is 2.98. The smallest absolute Gasteiger partial charge is 0.314 e. The molecule has 1 aromatic rings. The number of carboxylic acids is 1. The van der Waals surface area contributed by atoms with Crippen LogP contribution in [0.2, 0.25) is 0 Å². The SMILES string of the molecule is CC1CCC(C(=O)N2CCC(C(=O)O)(c3ccccc3)CC2)O1. The molecule has 2 aliphatic heterocycles. The molecule has 2 heterocycles. The Bertz CT molecular complexity index is 578. The third-order valence-corrected chi connectivity index (χ3v) is 5.17. The number of benzene rings is 1. The largest absolute Gasteiger partial charge is 0.481 e. The molecule has 2 saturated heterocycles. The van der Waals surface area contributed by atoms with Gasteiger partial charge in [-0.25, -0.2) is 0 Å². The lowest BCUT2D eigenvalue weighted by Crippen LogP contribution is -2.51. The van der Waals surface area contributed by atoms with Crippen LogP contribution < -0.4 is 0 Å². The van der Waals surface area contributed by atoms with Crippen LogP contribution in [0.1, 0.15) is 38.2 Å². The van der Waals surface area contributed by atoms with Gasteiger partial charge in [0.2, 0.25) is 0 Å². The molecule has 1 amide bonds. The van der Waals surface area contributed by atoms with Crippen LogP contribution in [0.4, 0.5) is 0 Å². The predicted molar refractivity (Wildman–Crippen MR) is 85.1 cm³/mol. The number of amides is 1. The highest BCUT2D eigenvalue weighted by atomic mass is 16.5. The minimum absolute atomic E-state index is 0.0152. The average molecular weight is 317 g/mol. The topological polar surface area (TPSA) is 66.8 Å². The van der Waals surface area contributed by atoms with Gasteiger partial charge in [-0.15, -0.1) is 0 Å². The minimum atomic E-state index is -0.887. The zero-order chi connectivity index (χ0) is 16.4. The van der Waals surface area contributed by atoms with E-state index >= 15 is 0 Å². The Labute approximate surface area is 136 Å². The van der Waals surface area contributed by atoms with Gasteiger partial charge in [0.25, 0.3) is 5.91 Å². The van der Waals surface area contributed by atoms with Crippen LogP contribution in [0.25, 0.3) is 0 Å². The maximum Gasteiger partial charge on any atom is 0.314 e. The molecule has 0 saturated carbocycles. The van der Waals surface area contributed by atoms with Crippen molar-refractivity contribution >= 4 is 11.9 Å². The maximum atomic E-state index is 12.5. The summed E-state index contributed by atoms with van der Waals surface area (Å²) >= 11 is 0. The normalized spacial score (nSPS) is 26.9. The first-order valence-corrected chi connectivity index (χ1v) is 8.26. The van der Waals surface area contributed by atoms with Gasteiger partial charge in [-0.05, 0) is 38.2 Å². The zero-order valence-corrected chi connectivity index (χ0v) is 13.4. The first-order chi connectivity index (χ1) is 11.0. The summed E-state index contributed by atoms with van der Waals surface area (Å²) in [4.78, 5) is 26.2. The van der Waals surface area contributed by atoms with E-state index in [9.17, 15) is 14.7 Å². The molecule has 5 heteroatoms. The summed E-state index contributed by atoms with van der Waals surface area (Å²) in [6.07, 6.45) is 2.35. The molecule has 23 heavy (non-hydrogen) atoms. The molecular weight excluding hydrogens is 294 g/mol. The van der Waals surface area contributed by atoms with Crippen LogP contribution in [-0.4, -0.2) is 47.2 Å². The summed E-state index contributed by atoms with van der Waals surface area (Å²) in [5.74, 6) is -0.789. The number of carboxylic acid groups (broad SMARTS) is 1. The fourth-order valence-electron chi connectivity index (χ4n) is 3.68. The van der Waals surface area contributed by atoms with E-state index < -0.39 is 11.4 Å². The van der Waals surface area contributed by atoms with Gasteiger partial charge >= 0.3 is 5.97 Å². The van der Waals surface area contributed by atoms with Crippen molar-refractivity contribution in [1.82, 2.24) is 4.90 Å². The van der Waals surface area contributed by atoms with E-state index in [0.717, 1.165) is 18.4 Å². The molecule has 2 atom stereocenters. The molecule has 0 radical (unpaired) electrons. The van der Waals surface area contributed by atoms with Crippen molar-refractivity contribution in [2.75, 3.05) is 13.1 Å². The number of hydrogen-bond acceptors (Lipinski definition) is 3. The van der Waals surface area contributed by atoms with Crippen molar-refractivity contribution in [2.45, 2.75) is 50.2 Å². The Hall–Kier alpha value is -1.88. The molecule has 0 aromatic heterocycles. The van der Waals surface area contributed by atoms with E-state index in [-0.39, 0.29) is 18.1 Å². The first kappa shape index (κ1) is 16.0. The summed E-state index contributed by atoms with van der Waals surface area (Å²) < 4.78 is 5.65. The monoisotopic (exact) mass is 317 g/mol. The second-order valence-corrected chi connectivity index (χ2v) is 6.59. The number of piperidine rings is 1. The van der Waals surface area contributed by atoms with Crippen LogP contribution in [0.5, 0.6) is 0 Å². The minimum Gasteiger partial charge on any atom is -0.481 e. The van der Waals surface area contributed by atoms with Crippen LogP contribution in [0.3, 0.4) is 0 Å². The Morgan fingerprint density at radius 2 is 1.83 bits per heavy atom. The fourth-order valence-corrected chi connectivity index (χ4v) is 3.68. The van der Waals surface area contributed by atoms with Gasteiger partial charge in [-0.2, -0.15) is 0 Å². The van der Waals surface area contributed by atoms with E-state index in [1.165, 1.54) is 0 Å². The highest BCUT2D eigenvalue weighted by Crippen LogP contribution is 2.36. The maximum absolute atomic E-state index is 12.5. The number of aliphatic carboxylic acids is 1. The number of hydrogen-bond donors (Lipinski definition) is 1.